The standard InChI is InChI=1S/C17H18BrN3O4/c1-21(2)17(24)12-5-3-11(4-6-12)9-19-15(22)10-20-16(23)13-7-8-14(18)25-13/h3-8H,9-10H2,1-2H3,(H,19,22)(H,20,23). The van der Waals surface area contributed by atoms with Crippen LogP contribution in [0.1, 0.15) is 26.5 Å². The molecule has 0 spiro atoms. The van der Waals surface area contributed by atoms with Crippen molar-refractivity contribution in [1.29, 1.82) is 0 Å². The van der Waals surface area contributed by atoms with E-state index in [1.165, 1.54) is 11.0 Å². The summed E-state index contributed by atoms with van der Waals surface area (Å²) in [4.78, 5) is 36.8. The quantitative estimate of drug-likeness (QED) is 0.763. The average molecular weight is 408 g/mol. The van der Waals surface area contributed by atoms with Crippen LogP contribution >= 0.6 is 15.9 Å². The van der Waals surface area contributed by atoms with Gasteiger partial charge in [0.15, 0.2) is 10.4 Å². The Morgan fingerprint density at radius 2 is 1.72 bits per heavy atom. The lowest BCUT2D eigenvalue weighted by atomic mass is 10.1. The minimum absolute atomic E-state index is 0.0807. The summed E-state index contributed by atoms with van der Waals surface area (Å²) in [5.74, 6) is -0.747. The van der Waals surface area contributed by atoms with Gasteiger partial charge in [0.05, 0.1) is 6.54 Å². The molecule has 25 heavy (non-hydrogen) atoms. The Morgan fingerprint density at radius 1 is 1.04 bits per heavy atom. The van der Waals surface area contributed by atoms with Gasteiger partial charge in [-0.1, -0.05) is 12.1 Å². The van der Waals surface area contributed by atoms with E-state index < -0.39 is 5.91 Å². The fraction of sp³-hybridized carbons (Fsp3) is 0.235. The summed E-state index contributed by atoms with van der Waals surface area (Å²) in [6.45, 7) is 0.145. The lowest BCUT2D eigenvalue weighted by molar-refractivity contribution is -0.120. The van der Waals surface area contributed by atoms with Gasteiger partial charge in [0.25, 0.3) is 11.8 Å². The van der Waals surface area contributed by atoms with Crippen LogP contribution < -0.4 is 10.6 Å². The molecule has 0 aliphatic rings. The van der Waals surface area contributed by atoms with Crippen molar-refractivity contribution in [2.75, 3.05) is 20.6 Å². The summed E-state index contributed by atoms with van der Waals surface area (Å²) in [6, 6.07) is 10.1. The third-order valence-electron chi connectivity index (χ3n) is 3.30. The zero-order valence-electron chi connectivity index (χ0n) is 13.8. The van der Waals surface area contributed by atoms with Gasteiger partial charge in [-0.2, -0.15) is 0 Å². The largest absolute Gasteiger partial charge is 0.444 e. The minimum Gasteiger partial charge on any atom is -0.444 e. The fourth-order valence-electron chi connectivity index (χ4n) is 1.97. The Labute approximate surface area is 153 Å². The SMILES string of the molecule is CN(C)C(=O)c1ccc(CNC(=O)CNC(=O)c2ccc(Br)o2)cc1. The summed E-state index contributed by atoms with van der Waals surface area (Å²) in [7, 11) is 3.37. The molecule has 7 nitrogen and oxygen atoms in total. The van der Waals surface area contributed by atoms with E-state index in [1.54, 1.807) is 44.4 Å². The van der Waals surface area contributed by atoms with E-state index in [-0.39, 0.29) is 24.1 Å². The molecule has 1 aromatic carbocycles. The highest BCUT2D eigenvalue weighted by Gasteiger charge is 2.12. The van der Waals surface area contributed by atoms with E-state index in [4.69, 9.17) is 4.42 Å². The zero-order valence-corrected chi connectivity index (χ0v) is 15.4. The number of halogens is 1. The number of hydrogen-bond donors (Lipinski definition) is 2. The number of rotatable bonds is 6. The molecule has 0 saturated heterocycles. The maximum absolute atomic E-state index is 11.8. The molecule has 132 valence electrons. The van der Waals surface area contributed by atoms with Crippen LogP contribution in [0.3, 0.4) is 0 Å². The second kappa shape index (κ2) is 8.48. The molecular formula is C17H18BrN3O4. The van der Waals surface area contributed by atoms with Crippen LogP contribution in [-0.2, 0) is 11.3 Å². The molecule has 0 fully saturated rings. The second-order valence-electron chi connectivity index (χ2n) is 5.46. The van der Waals surface area contributed by atoms with Gasteiger partial charge >= 0.3 is 0 Å². The van der Waals surface area contributed by atoms with Gasteiger partial charge in [0.2, 0.25) is 5.91 Å². The molecule has 0 unspecified atom stereocenters. The number of hydrogen-bond acceptors (Lipinski definition) is 4. The predicted octanol–water partition coefficient (Wildman–Crippen LogP) is 1.79. The molecule has 2 N–H and O–H groups in total. The molecule has 1 heterocycles. The van der Waals surface area contributed by atoms with Gasteiger partial charge < -0.3 is 20.0 Å². The molecule has 2 rings (SSSR count). The summed E-state index contributed by atoms with van der Waals surface area (Å²) in [5, 5.41) is 5.16. The molecule has 8 heteroatoms. The van der Waals surface area contributed by atoms with Gasteiger partial charge in [-0.25, -0.2) is 0 Å². The molecule has 0 aliphatic heterocycles. The Balaban J connectivity index is 1.78. The Kier molecular flexibility index (Phi) is 6.35. The first-order valence-electron chi connectivity index (χ1n) is 7.47. The Bertz CT molecular complexity index is 768. The first-order valence-corrected chi connectivity index (χ1v) is 8.27. The number of amides is 3. The summed E-state index contributed by atoms with van der Waals surface area (Å²) >= 11 is 3.10. The van der Waals surface area contributed by atoms with E-state index in [9.17, 15) is 14.4 Å². The van der Waals surface area contributed by atoms with Gasteiger partial charge in [0.1, 0.15) is 0 Å². The third kappa shape index (κ3) is 5.46. The summed E-state index contributed by atoms with van der Waals surface area (Å²) in [5.41, 5.74) is 1.43. The van der Waals surface area contributed by atoms with Gasteiger partial charge in [-0.3, -0.25) is 14.4 Å². The van der Waals surface area contributed by atoms with Crippen LogP contribution in [0.4, 0.5) is 0 Å². The minimum atomic E-state index is -0.465. The van der Waals surface area contributed by atoms with E-state index in [0.717, 1.165) is 5.56 Å². The Hall–Kier alpha value is -2.61. The molecule has 0 atom stereocenters. The first kappa shape index (κ1) is 18.7. The molecule has 0 bridgehead atoms. The maximum atomic E-state index is 11.8. The zero-order chi connectivity index (χ0) is 18.4. The predicted molar refractivity (Wildman–Crippen MR) is 95.0 cm³/mol. The monoisotopic (exact) mass is 407 g/mol. The molecule has 0 radical (unpaired) electrons. The normalized spacial score (nSPS) is 10.2. The fourth-order valence-corrected chi connectivity index (χ4v) is 2.28. The lowest BCUT2D eigenvalue weighted by Gasteiger charge is -2.11. The summed E-state index contributed by atoms with van der Waals surface area (Å²) in [6.07, 6.45) is 0. The molecule has 3 amide bonds. The van der Waals surface area contributed by atoms with Crippen molar-refractivity contribution < 1.29 is 18.8 Å². The van der Waals surface area contributed by atoms with E-state index >= 15 is 0 Å². The van der Waals surface area contributed by atoms with Crippen LogP contribution in [0, 0.1) is 0 Å². The lowest BCUT2D eigenvalue weighted by Crippen LogP contribution is -2.36. The van der Waals surface area contributed by atoms with Crippen molar-refractivity contribution in [2.45, 2.75) is 6.54 Å². The maximum Gasteiger partial charge on any atom is 0.287 e. The highest BCUT2D eigenvalue weighted by Crippen LogP contribution is 2.13. The van der Waals surface area contributed by atoms with Gasteiger partial charge in [-0.15, -0.1) is 0 Å². The molecule has 0 aliphatic carbocycles. The Morgan fingerprint density at radius 3 is 2.28 bits per heavy atom. The number of nitrogens with zero attached hydrogens (tertiary/aromatic N) is 1. The van der Waals surface area contributed by atoms with Gasteiger partial charge in [-0.05, 0) is 45.8 Å². The van der Waals surface area contributed by atoms with E-state index in [1.807, 2.05) is 0 Å². The summed E-state index contributed by atoms with van der Waals surface area (Å²) < 4.78 is 5.54. The van der Waals surface area contributed by atoms with Crippen LogP contribution in [-0.4, -0.2) is 43.3 Å². The second-order valence-corrected chi connectivity index (χ2v) is 6.24. The van der Waals surface area contributed by atoms with Crippen molar-refractivity contribution in [3.8, 4) is 0 Å². The van der Waals surface area contributed by atoms with Crippen molar-refractivity contribution in [2.24, 2.45) is 0 Å². The highest BCUT2D eigenvalue weighted by molar-refractivity contribution is 9.10. The molecule has 2 aromatic rings. The number of benzene rings is 1. The van der Waals surface area contributed by atoms with Crippen molar-refractivity contribution >= 4 is 33.7 Å². The van der Waals surface area contributed by atoms with Crippen LogP contribution in [0.2, 0.25) is 0 Å². The van der Waals surface area contributed by atoms with Crippen LogP contribution in [0.5, 0.6) is 0 Å². The number of carbonyl (C=O) groups excluding carboxylic acids is 3. The third-order valence-corrected chi connectivity index (χ3v) is 3.73. The molecule has 1 aromatic heterocycles. The van der Waals surface area contributed by atoms with Gasteiger partial charge in [0, 0.05) is 26.2 Å². The van der Waals surface area contributed by atoms with Crippen molar-refractivity contribution in [3.05, 3.63) is 58.0 Å². The topological polar surface area (TPSA) is 91.7 Å². The van der Waals surface area contributed by atoms with Crippen LogP contribution in [0.25, 0.3) is 0 Å². The van der Waals surface area contributed by atoms with E-state index in [2.05, 4.69) is 26.6 Å². The van der Waals surface area contributed by atoms with Crippen molar-refractivity contribution in [3.63, 3.8) is 0 Å². The van der Waals surface area contributed by atoms with Crippen molar-refractivity contribution in [1.82, 2.24) is 15.5 Å². The number of carbonyl (C=O) groups is 3. The number of furan rings is 1. The molecular weight excluding hydrogens is 390 g/mol. The number of nitrogens with one attached hydrogen (secondary N) is 2. The first-order chi connectivity index (χ1) is 11.9. The molecule has 0 saturated carbocycles. The smallest absolute Gasteiger partial charge is 0.287 e. The highest BCUT2D eigenvalue weighted by atomic mass is 79.9. The van der Waals surface area contributed by atoms with E-state index in [0.29, 0.717) is 16.8 Å². The van der Waals surface area contributed by atoms with Crippen LogP contribution in [0.15, 0.2) is 45.5 Å². The average Bonchev–Trinajstić information content (AvgIpc) is 3.04.